The highest BCUT2D eigenvalue weighted by Crippen LogP contribution is 2.06. The summed E-state index contributed by atoms with van der Waals surface area (Å²) in [6.45, 7) is 6.29. The fourth-order valence-electron chi connectivity index (χ4n) is 1.31. The number of rotatable bonds is 5. The Morgan fingerprint density at radius 2 is 2.00 bits per heavy atom. The zero-order valence-corrected chi connectivity index (χ0v) is 11.9. The number of pyridine rings is 1. The Hall–Kier alpha value is -2.31. The highest BCUT2D eigenvalue weighted by molar-refractivity contribution is 5.92. The minimum Gasteiger partial charge on any atom is -0.444 e. The molecule has 1 rings (SSSR count). The summed E-state index contributed by atoms with van der Waals surface area (Å²) < 4.78 is 5.09. The van der Waals surface area contributed by atoms with Gasteiger partial charge in [0.2, 0.25) is 5.91 Å². The van der Waals surface area contributed by atoms with Gasteiger partial charge in [-0.2, -0.15) is 0 Å². The number of nitrogens with two attached hydrogens (primary N) is 1. The number of primary amides is 1. The summed E-state index contributed by atoms with van der Waals surface area (Å²) in [6, 6.07) is 3.23. The van der Waals surface area contributed by atoms with Crippen molar-refractivity contribution in [3.05, 3.63) is 23.9 Å². The van der Waals surface area contributed by atoms with Gasteiger partial charge >= 0.3 is 6.09 Å². The SMILES string of the molecule is CC(C)(C)OC(=O)NCCNc1ccc(C(N)=O)cn1. The first-order chi connectivity index (χ1) is 9.28. The van der Waals surface area contributed by atoms with Crippen molar-refractivity contribution in [1.82, 2.24) is 10.3 Å². The number of nitrogens with zero attached hydrogens (tertiary/aromatic N) is 1. The predicted octanol–water partition coefficient (Wildman–Crippen LogP) is 1.12. The Morgan fingerprint density at radius 3 is 2.50 bits per heavy atom. The molecule has 110 valence electrons. The van der Waals surface area contributed by atoms with Crippen molar-refractivity contribution in [2.75, 3.05) is 18.4 Å². The number of ether oxygens (including phenoxy) is 1. The molecular weight excluding hydrogens is 260 g/mol. The highest BCUT2D eigenvalue weighted by atomic mass is 16.6. The zero-order valence-electron chi connectivity index (χ0n) is 11.9. The van der Waals surface area contributed by atoms with Crippen LogP contribution in [0.1, 0.15) is 31.1 Å². The molecule has 1 aromatic heterocycles. The van der Waals surface area contributed by atoms with Crippen molar-refractivity contribution in [2.24, 2.45) is 5.73 Å². The van der Waals surface area contributed by atoms with E-state index in [0.29, 0.717) is 24.5 Å². The van der Waals surface area contributed by atoms with Gasteiger partial charge in [0.25, 0.3) is 0 Å². The third-order valence-corrected chi connectivity index (χ3v) is 2.15. The summed E-state index contributed by atoms with van der Waals surface area (Å²) in [4.78, 5) is 26.2. The Morgan fingerprint density at radius 1 is 1.30 bits per heavy atom. The summed E-state index contributed by atoms with van der Waals surface area (Å²) in [5.74, 6) is 0.0802. The molecular formula is C13H20N4O3. The molecule has 0 radical (unpaired) electrons. The zero-order chi connectivity index (χ0) is 15.2. The van der Waals surface area contributed by atoms with Gasteiger partial charge in [-0.15, -0.1) is 0 Å². The smallest absolute Gasteiger partial charge is 0.407 e. The van der Waals surface area contributed by atoms with Crippen LogP contribution >= 0.6 is 0 Å². The molecule has 0 saturated heterocycles. The van der Waals surface area contributed by atoms with Gasteiger partial charge in [-0.05, 0) is 32.9 Å². The second kappa shape index (κ2) is 6.74. The quantitative estimate of drug-likeness (QED) is 0.701. The van der Waals surface area contributed by atoms with Crippen molar-refractivity contribution in [3.63, 3.8) is 0 Å². The van der Waals surface area contributed by atoms with Crippen molar-refractivity contribution >= 4 is 17.8 Å². The molecule has 0 saturated carbocycles. The molecule has 7 heteroatoms. The van der Waals surface area contributed by atoms with E-state index in [1.807, 2.05) is 0 Å². The molecule has 0 bridgehead atoms. The Bertz CT molecular complexity index is 465. The van der Waals surface area contributed by atoms with Crippen LogP contribution in [0.2, 0.25) is 0 Å². The number of anilines is 1. The Kier molecular flexibility index (Phi) is 5.31. The van der Waals surface area contributed by atoms with Gasteiger partial charge in [-0.25, -0.2) is 9.78 Å². The number of alkyl carbamates (subject to hydrolysis) is 1. The van der Waals surface area contributed by atoms with Crippen LogP contribution in [0.15, 0.2) is 18.3 Å². The van der Waals surface area contributed by atoms with Crippen LogP contribution in [0.5, 0.6) is 0 Å². The average Bonchev–Trinajstić information content (AvgIpc) is 2.33. The second-order valence-corrected chi connectivity index (χ2v) is 5.15. The molecule has 0 spiro atoms. The lowest BCUT2D eigenvalue weighted by Gasteiger charge is -2.19. The average molecular weight is 280 g/mol. The number of carbonyl (C=O) groups excluding carboxylic acids is 2. The molecule has 20 heavy (non-hydrogen) atoms. The van der Waals surface area contributed by atoms with Gasteiger partial charge in [0.15, 0.2) is 0 Å². The van der Waals surface area contributed by atoms with E-state index in [0.717, 1.165) is 0 Å². The molecule has 0 aromatic carbocycles. The van der Waals surface area contributed by atoms with E-state index in [1.165, 1.54) is 6.20 Å². The topological polar surface area (TPSA) is 106 Å². The van der Waals surface area contributed by atoms with Crippen LogP contribution in [0.3, 0.4) is 0 Å². The number of carbonyl (C=O) groups is 2. The van der Waals surface area contributed by atoms with Crippen molar-refractivity contribution in [1.29, 1.82) is 0 Å². The van der Waals surface area contributed by atoms with E-state index >= 15 is 0 Å². The largest absolute Gasteiger partial charge is 0.444 e. The molecule has 4 N–H and O–H groups in total. The highest BCUT2D eigenvalue weighted by Gasteiger charge is 2.15. The summed E-state index contributed by atoms with van der Waals surface area (Å²) in [5, 5.41) is 5.61. The van der Waals surface area contributed by atoms with E-state index < -0.39 is 17.6 Å². The molecule has 0 fully saturated rings. The van der Waals surface area contributed by atoms with Crippen molar-refractivity contribution in [2.45, 2.75) is 26.4 Å². The lowest BCUT2D eigenvalue weighted by molar-refractivity contribution is 0.0530. The first-order valence-electron chi connectivity index (χ1n) is 6.24. The van der Waals surface area contributed by atoms with Gasteiger partial charge in [0, 0.05) is 19.3 Å². The molecule has 7 nitrogen and oxygen atoms in total. The molecule has 2 amide bonds. The summed E-state index contributed by atoms with van der Waals surface area (Å²) in [7, 11) is 0. The first-order valence-corrected chi connectivity index (χ1v) is 6.24. The summed E-state index contributed by atoms with van der Waals surface area (Å²) in [6.07, 6.45) is 0.933. The molecule has 0 aliphatic carbocycles. The molecule has 0 unspecified atom stereocenters. The van der Waals surface area contributed by atoms with E-state index in [4.69, 9.17) is 10.5 Å². The molecule has 1 heterocycles. The maximum Gasteiger partial charge on any atom is 0.407 e. The summed E-state index contributed by atoms with van der Waals surface area (Å²) in [5.41, 5.74) is 4.95. The fourth-order valence-corrected chi connectivity index (χ4v) is 1.31. The monoisotopic (exact) mass is 280 g/mol. The van der Waals surface area contributed by atoms with Crippen molar-refractivity contribution < 1.29 is 14.3 Å². The Labute approximate surface area is 117 Å². The van der Waals surface area contributed by atoms with Gasteiger partial charge in [-0.1, -0.05) is 0 Å². The lowest BCUT2D eigenvalue weighted by Crippen LogP contribution is -2.35. The van der Waals surface area contributed by atoms with Crippen LogP contribution in [-0.2, 0) is 4.74 Å². The third-order valence-electron chi connectivity index (χ3n) is 2.15. The lowest BCUT2D eigenvalue weighted by atomic mass is 10.2. The number of aromatic nitrogens is 1. The normalized spacial score (nSPS) is 10.8. The minimum atomic E-state index is -0.518. The summed E-state index contributed by atoms with van der Waals surface area (Å²) >= 11 is 0. The predicted molar refractivity (Wildman–Crippen MR) is 75.5 cm³/mol. The van der Waals surface area contributed by atoms with Crippen LogP contribution in [0.25, 0.3) is 0 Å². The molecule has 0 aliphatic rings. The number of hydrogen-bond donors (Lipinski definition) is 3. The second-order valence-electron chi connectivity index (χ2n) is 5.15. The van der Waals surface area contributed by atoms with Gasteiger partial charge in [0.05, 0.1) is 5.56 Å². The van der Waals surface area contributed by atoms with Crippen LogP contribution in [0.4, 0.5) is 10.6 Å². The maximum absolute atomic E-state index is 11.4. The van der Waals surface area contributed by atoms with Crippen LogP contribution in [-0.4, -0.2) is 35.7 Å². The maximum atomic E-state index is 11.4. The molecule has 0 aliphatic heterocycles. The Balaban J connectivity index is 2.27. The van der Waals surface area contributed by atoms with Crippen LogP contribution in [0, 0.1) is 0 Å². The number of amides is 2. The fraction of sp³-hybridized carbons (Fsp3) is 0.462. The van der Waals surface area contributed by atoms with Crippen LogP contribution < -0.4 is 16.4 Å². The van der Waals surface area contributed by atoms with E-state index in [2.05, 4.69) is 15.6 Å². The number of hydrogen-bond acceptors (Lipinski definition) is 5. The van der Waals surface area contributed by atoms with E-state index in [-0.39, 0.29) is 0 Å². The van der Waals surface area contributed by atoms with E-state index in [9.17, 15) is 9.59 Å². The van der Waals surface area contributed by atoms with Gasteiger partial charge in [-0.3, -0.25) is 4.79 Å². The van der Waals surface area contributed by atoms with Gasteiger partial charge in [0.1, 0.15) is 11.4 Å². The minimum absolute atomic E-state index is 0.349. The van der Waals surface area contributed by atoms with Gasteiger partial charge < -0.3 is 21.1 Å². The first kappa shape index (κ1) is 15.7. The third kappa shape index (κ3) is 6.03. The number of nitrogens with one attached hydrogen (secondary N) is 2. The standard InChI is InChI=1S/C13H20N4O3/c1-13(2,3)20-12(19)16-7-6-15-10-5-4-9(8-17-10)11(14)18/h4-5,8H,6-7H2,1-3H3,(H2,14,18)(H,15,17)(H,16,19). The van der Waals surface area contributed by atoms with Crippen molar-refractivity contribution in [3.8, 4) is 0 Å². The van der Waals surface area contributed by atoms with E-state index in [1.54, 1.807) is 32.9 Å². The molecule has 0 atom stereocenters. The molecule has 1 aromatic rings.